The minimum atomic E-state index is 0.350. The van der Waals surface area contributed by atoms with Crippen molar-refractivity contribution in [1.29, 1.82) is 0 Å². The van der Waals surface area contributed by atoms with E-state index in [4.69, 9.17) is 9.47 Å². The van der Waals surface area contributed by atoms with Gasteiger partial charge in [-0.3, -0.25) is 0 Å². The summed E-state index contributed by atoms with van der Waals surface area (Å²) in [7, 11) is 0. The lowest BCUT2D eigenvalue weighted by Crippen LogP contribution is -2.30. The standard InChI is InChI=1S/C14H27BrO2/c1-3-6-14(11-15,7-4-2)12-17-10-13-5-8-16-9-13/h13H,3-12H2,1-2H3. The highest BCUT2D eigenvalue weighted by atomic mass is 79.9. The van der Waals surface area contributed by atoms with E-state index < -0.39 is 0 Å². The fraction of sp³-hybridized carbons (Fsp3) is 1.00. The van der Waals surface area contributed by atoms with Crippen molar-refractivity contribution in [2.45, 2.75) is 46.0 Å². The maximum absolute atomic E-state index is 5.97. The number of rotatable bonds is 9. The van der Waals surface area contributed by atoms with E-state index in [0.717, 1.165) is 31.8 Å². The smallest absolute Gasteiger partial charge is 0.0530 e. The lowest BCUT2D eigenvalue weighted by molar-refractivity contribution is 0.0240. The maximum Gasteiger partial charge on any atom is 0.0530 e. The second-order valence-corrected chi connectivity index (χ2v) is 5.94. The second kappa shape index (κ2) is 8.49. The van der Waals surface area contributed by atoms with E-state index in [1.807, 2.05) is 0 Å². The third-order valence-electron chi connectivity index (χ3n) is 3.63. The highest BCUT2D eigenvalue weighted by molar-refractivity contribution is 9.09. The van der Waals surface area contributed by atoms with Crippen molar-refractivity contribution in [3.05, 3.63) is 0 Å². The van der Waals surface area contributed by atoms with Crippen LogP contribution in [0.3, 0.4) is 0 Å². The van der Waals surface area contributed by atoms with Crippen molar-refractivity contribution in [3.8, 4) is 0 Å². The summed E-state index contributed by atoms with van der Waals surface area (Å²) in [5.74, 6) is 0.631. The van der Waals surface area contributed by atoms with Crippen molar-refractivity contribution >= 4 is 15.9 Å². The van der Waals surface area contributed by atoms with Gasteiger partial charge >= 0.3 is 0 Å². The quantitative estimate of drug-likeness (QED) is 0.599. The van der Waals surface area contributed by atoms with Crippen LogP contribution in [0.4, 0.5) is 0 Å². The molecule has 1 fully saturated rings. The Morgan fingerprint density at radius 3 is 2.47 bits per heavy atom. The largest absolute Gasteiger partial charge is 0.381 e. The Hall–Kier alpha value is 0.400. The van der Waals surface area contributed by atoms with Gasteiger partial charge in [0.15, 0.2) is 0 Å². The van der Waals surface area contributed by atoms with Crippen LogP contribution in [-0.4, -0.2) is 31.8 Å². The summed E-state index contributed by atoms with van der Waals surface area (Å²) in [6.07, 6.45) is 6.16. The van der Waals surface area contributed by atoms with Crippen molar-refractivity contribution in [2.24, 2.45) is 11.3 Å². The highest BCUT2D eigenvalue weighted by Gasteiger charge is 2.28. The van der Waals surface area contributed by atoms with Gasteiger partial charge in [0.05, 0.1) is 19.8 Å². The lowest BCUT2D eigenvalue weighted by Gasteiger charge is -2.31. The molecule has 0 radical (unpaired) electrons. The molecule has 1 aliphatic rings. The minimum Gasteiger partial charge on any atom is -0.381 e. The minimum absolute atomic E-state index is 0.350. The average molecular weight is 307 g/mol. The van der Waals surface area contributed by atoms with Crippen LogP contribution < -0.4 is 0 Å². The summed E-state index contributed by atoms with van der Waals surface area (Å²) >= 11 is 3.68. The van der Waals surface area contributed by atoms with E-state index in [1.54, 1.807) is 0 Å². The van der Waals surface area contributed by atoms with Gasteiger partial charge in [-0.1, -0.05) is 42.6 Å². The SMILES string of the molecule is CCCC(CBr)(CCC)COCC1CCOC1. The molecule has 0 saturated carbocycles. The number of halogens is 1. The normalized spacial score (nSPS) is 21.0. The average Bonchev–Trinajstić information content (AvgIpc) is 2.82. The zero-order chi connectivity index (χ0) is 12.6. The van der Waals surface area contributed by atoms with Gasteiger partial charge in [0.2, 0.25) is 0 Å². The van der Waals surface area contributed by atoms with Gasteiger partial charge in [-0.05, 0) is 19.3 Å². The molecule has 0 aromatic heterocycles. The van der Waals surface area contributed by atoms with Crippen molar-refractivity contribution in [1.82, 2.24) is 0 Å². The summed E-state index contributed by atoms with van der Waals surface area (Å²) in [6.45, 7) is 8.11. The summed E-state index contributed by atoms with van der Waals surface area (Å²) in [5, 5.41) is 1.06. The van der Waals surface area contributed by atoms with E-state index in [0.29, 0.717) is 11.3 Å². The van der Waals surface area contributed by atoms with E-state index in [1.165, 1.54) is 32.1 Å². The molecule has 3 heteroatoms. The predicted octanol–water partition coefficient (Wildman–Crippen LogP) is 4.02. The van der Waals surface area contributed by atoms with E-state index >= 15 is 0 Å². The number of alkyl halides is 1. The first-order valence-corrected chi connectivity index (χ1v) is 8.10. The Morgan fingerprint density at radius 1 is 1.29 bits per heavy atom. The molecule has 0 aromatic rings. The molecule has 1 atom stereocenters. The molecule has 0 spiro atoms. The lowest BCUT2D eigenvalue weighted by atomic mass is 9.82. The molecule has 0 amide bonds. The van der Waals surface area contributed by atoms with Crippen molar-refractivity contribution in [2.75, 3.05) is 31.8 Å². The van der Waals surface area contributed by atoms with Crippen LogP contribution in [0.25, 0.3) is 0 Å². The molecular formula is C14H27BrO2. The van der Waals surface area contributed by atoms with Crippen LogP contribution >= 0.6 is 15.9 Å². The summed E-state index contributed by atoms with van der Waals surface area (Å²) < 4.78 is 11.3. The Balaban J connectivity index is 2.30. The van der Waals surface area contributed by atoms with Gasteiger partial charge in [-0.15, -0.1) is 0 Å². The number of hydrogen-bond acceptors (Lipinski definition) is 2. The topological polar surface area (TPSA) is 18.5 Å². The Bertz CT molecular complexity index is 185. The van der Waals surface area contributed by atoms with Crippen LogP contribution in [0, 0.1) is 11.3 Å². The third-order valence-corrected chi connectivity index (χ3v) is 4.82. The van der Waals surface area contributed by atoms with Gasteiger partial charge < -0.3 is 9.47 Å². The molecule has 1 aliphatic heterocycles. The number of ether oxygens (including phenoxy) is 2. The zero-order valence-corrected chi connectivity index (χ0v) is 12.9. The molecular weight excluding hydrogens is 280 g/mol. The molecule has 0 N–H and O–H groups in total. The van der Waals surface area contributed by atoms with Crippen LogP contribution in [0.15, 0.2) is 0 Å². The Labute approximate surface area is 115 Å². The first kappa shape index (κ1) is 15.5. The van der Waals surface area contributed by atoms with Crippen LogP contribution in [0.2, 0.25) is 0 Å². The van der Waals surface area contributed by atoms with Crippen molar-refractivity contribution < 1.29 is 9.47 Å². The second-order valence-electron chi connectivity index (χ2n) is 5.38. The molecule has 2 nitrogen and oxygen atoms in total. The van der Waals surface area contributed by atoms with E-state index in [-0.39, 0.29) is 0 Å². The monoisotopic (exact) mass is 306 g/mol. The first-order chi connectivity index (χ1) is 8.26. The molecule has 17 heavy (non-hydrogen) atoms. The Morgan fingerprint density at radius 2 is 2.00 bits per heavy atom. The molecule has 0 aromatic carbocycles. The molecule has 102 valence electrons. The predicted molar refractivity (Wildman–Crippen MR) is 75.8 cm³/mol. The fourth-order valence-corrected chi connectivity index (χ4v) is 3.38. The van der Waals surface area contributed by atoms with E-state index in [2.05, 4.69) is 29.8 Å². The van der Waals surface area contributed by atoms with Crippen LogP contribution in [-0.2, 0) is 9.47 Å². The van der Waals surface area contributed by atoms with E-state index in [9.17, 15) is 0 Å². The molecule has 1 heterocycles. The van der Waals surface area contributed by atoms with Crippen molar-refractivity contribution in [3.63, 3.8) is 0 Å². The summed E-state index contributed by atoms with van der Waals surface area (Å²) in [5.41, 5.74) is 0.350. The maximum atomic E-state index is 5.97. The zero-order valence-electron chi connectivity index (χ0n) is 11.3. The molecule has 1 saturated heterocycles. The first-order valence-electron chi connectivity index (χ1n) is 6.98. The molecule has 1 rings (SSSR count). The summed E-state index contributed by atoms with van der Waals surface area (Å²) in [4.78, 5) is 0. The third kappa shape index (κ3) is 5.27. The summed E-state index contributed by atoms with van der Waals surface area (Å²) in [6, 6.07) is 0. The highest BCUT2D eigenvalue weighted by Crippen LogP contribution is 2.32. The van der Waals surface area contributed by atoms with Crippen LogP contribution in [0.1, 0.15) is 46.0 Å². The molecule has 0 bridgehead atoms. The molecule has 0 aliphatic carbocycles. The van der Waals surface area contributed by atoms with Gasteiger partial charge in [-0.2, -0.15) is 0 Å². The van der Waals surface area contributed by atoms with Crippen LogP contribution in [0.5, 0.6) is 0 Å². The van der Waals surface area contributed by atoms with Gasteiger partial charge in [0.25, 0.3) is 0 Å². The van der Waals surface area contributed by atoms with Gasteiger partial charge in [-0.25, -0.2) is 0 Å². The fourth-order valence-electron chi connectivity index (χ4n) is 2.66. The van der Waals surface area contributed by atoms with Gasteiger partial charge in [0, 0.05) is 23.3 Å². The van der Waals surface area contributed by atoms with Gasteiger partial charge in [0.1, 0.15) is 0 Å². The molecule has 1 unspecified atom stereocenters. The Kier molecular flexibility index (Phi) is 7.72. The number of hydrogen-bond donors (Lipinski definition) is 0.